The molecule has 0 amide bonds. The molecule has 0 saturated heterocycles. The summed E-state index contributed by atoms with van der Waals surface area (Å²) in [7, 11) is -2.00. The summed E-state index contributed by atoms with van der Waals surface area (Å²) >= 11 is 0. The number of para-hydroxylation sites is 1. The smallest absolute Gasteiger partial charge is 0.243 e. The van der Waals surface area contributed by atoms with Gasteiger partial charge in [-0.05, 0) is 66.9 Å². The zero-order chi connectivity index (χ0) is 24.6. The van der Waals surface area contributed by atoms with E-state index < -0.39 is 15.8 Å². The molecule has 1 aliphatic rings. The van der Waals surface area contributed by atoms with Crippen molar-refractivity contribution in [1.29, 1.82) is 0 Å². The summed E-state index contributed by atoms with van der Waals surface area (Å²) in [4.78, 5) is 0.113. The lowest BCUT2D eigenvalue weighted by atomic mass is 9.97. The summed E-state index contributed by atoms with van der Waals surface area (Å²) in [6.45, 7) is 3.49. The Morgan fingerprint density at radius 1 is 1.00 bits per heavy atom. The Bertz CT molecular complexity index is 1520. The second-order valence-electron chi connectivity index (χ2n) is 8.71. The quantitative estimate of drug-likeness (QED) is 0.352. The predicted molar refractivity (Wildman–Crippen MR) is 137 cm³/mol. The fourth-order valence-corrected chi connectivity index (χ4v) is 6.23. The Balaban J connectivity index is 1.48. The molecule has 0 bridgehead atoms. The highest BCUT2D eigenvalue weighted by Crippen LogP contribution is 2.36. The number of rotatable bonds is 6. The van der Waals surface area contributed by atoms with Crippen molar-refractivity contribution in [2.45, 2.75) is 24.8 Å². The molecule has 5 rings (SSSR count). The first-order chi connectivity index (χ1) is 16.9. The molecule has 35 heavy (non-hydrogen) atoms. The summed E-state index contributed by atoms with van der Waals surface area (Å²) in [5.74, 6) is 0.375. The summed E-state index contributed by atoms with van der Waals surface area (Å²) in [5.41, 5.74) is 5.75. The maximum Gasteiger partial charge on any atom is 0.243 e. The van der Waals surface area contributed by atoms with Gasteiger partial charge in [-0.15, -0.1) is 0 Å². The summed E-state index contributed by atoms with van der Waals surface area (Å²) in [6, 6.07) is 21.4. The second-order valence-corrected chi connectivity index (χ2v) is 10.6. The van der Waals surface area contributed by atoms with Crippen LogP contribution in [0.2, 0.25) is 0 Å². The van der Waals surface area contributed by atoms with Gasteiger partial charge in [-0.3, -0.25) is 0 Å². The van der Waals surface area contributed by atoms with Gasteiger partial charge in [0.05, 0.1) is 12.0 Å². The first-order valence-corrected chi connectivity index (χ1v) is 13.0. The van der Waals surface area contributed by atoms with Crippen LogP contribution in [0, 0.1) is 12.7 Å². The van der Waals surface area contributed by atoms with Gasteiger partial charge in [-0.1, -0.05) is 36.4 Å². The number of methoxy groups -OCH3 is 1. The van der Waals surface area contributed by atoms with E-state index in [0.29, 0.717) is 19.5 Å². The van der Waals surface area contributed by atoms with Crippen molar-refractivity contribution in [3.63, 3.8) is 0 Å². The number of benzene rings is 3. The molecule has 0 N–H and O–H groups in total. The van der Waals surface area contributed by atoms with Crippen LogP contribution in [-0.2, 0) is 16.6 Å². The van der Waals surface area contributed by atoms with E-state index in [9.17, 15) is 12.8 Å². The largest absolute Gasteiger partial charge is 0.497 e. The predicted octanol–water partition coefficient (Wildman–Crippen LogP) is 5.62. The average molecular weight is 491 g/mol. The zero-order valence-electron chi connectivity index (χ0n) is 19.7. The maximum absolute atomic E-state index is 13.3. The van der Waals surface area contributed by atoms with Crippen LogP contribution in [0.4, 0.5) is 4.39 Å². The third kappa shape index (κ3) is 4.37. The van der Waals surface area contributed by atoms with Crippen LogP contribution in [0.3, 0.4) is 0 Å². The Morgan fingerprint density at radius 2 is 1.77 bits per heavy atom. The molecule has 1 aromatic heterocycles. The maximum atomic E-state index is 13.3. The van der Waals surface area contributed by atoms with E-state index in [0.717, 1.165) is 33.5 Å². The fraction of sp³-hybridized carbons (Fsp3) is 0.214. The van der Waals surface area contributed by atoms with Gasteiger partial charge in [0.15, 0.2) is 0 Å². The van der Waals surface area contributed by atoms with E-state index in [1.807, 2.05) is 36.4 Å². The average Bonchev–Trinajstić information content (AvgIpc) is 3.15. The SMILES string of the molecule is COc1cccc(Cn2c(C)c(C3=CCN(S(=O)(=O)c4ccc(F)cc4)CC3)c3ccccc32)c1. The van der Waals surface area contributed by atoms with Gasteiger partial charge in [-0.25, -0.2) is 12.8 Å². The molecule has 5 nitrogen and oxygen atoms in total. The number of fused-ring (bicyclic) bond motifs is 1. The third-order valence-electron chi connectivity index (χ3n) is 6.65. The molecule has 2 heterocycles. The standard InChI is InChI=1S/C28H27FN2O3S/c1-20-28(22-14-16-30(17-15-22)35(32,33)25-12-10-23(29)11-13-25)26-8-3-4-9-27(26)31(20)19-21-6-5-7-24(18-21)34-2/h3-14,18H,15-17,19H2,1-2H3. The minimum absolute atomic E-state index is 0.113. The van der Waals surface area contributed by atoms with E-state index in [4.69, 9.17) is 4.74 Å². The van der Waals surface area contributed by atoms with Crippen LogP contribution in [0.15, 0.2) is 83.8 Å². The molecule has 1 aliphatic heterocycles. The molecule has 0 spiro atoms. The normalized spacial score (nSPS) is 14.8. The van der Waals surface area contributed by atoms with E-state index >= 15 is 0 Å². The third-order valence-corrected chi connectivity index (χ3v) is 8.53. The molecule has 7 heteroatoms. The number of nitrogens with zero attached hydrogens (tertiary/aromatic N) is 2. The van der Waals surface area contributed by atoms with Crippen LogP contribution < -0.4 is 4.74 Å². The molecule has 0 unspecified atom stereocenters. The van der Waals surface area contributed by atoms with E-state index in [-0.39, 0.29) is 11.4 Å². The molecular weight excluding hydrogens is 463 g/mol. The summed E-state index contributed by atoms with van der Waals surface area (Å²) in [6.07, 6.45) is 2.61. The number of hydrogen-bond acceptors (Lipinski definition) is 3. The second kappa shape index (κ2) is 9.32. The van der Waals surface area contributed by atoms with Gasteiger partial charge in [0, 0.05) is 41.8 Å². The van der Waals surface area contributed by atoms with Gasteiger partial charge in [-0.2, -0.15) is 4.31 Å². The first-order valence-electron chi connectivity index (χ1n) is 11.5. The number of ether oxygens (including phenoxy) is 1. The minimum atomic E-state index is -3.67. The number of hydrogen-bond donors (Lipinski definition) is 0. The Hall–Kier alpha value is -3.42. The zero-order valence-corrected chi connectivity index (χ0v) is 20.6. The first kappa shape index (κ1) is 23.3. The van der Waals surface area contributed by atoms with Gasteiger partial charge < -0.3 is 9.30 Å². The van der Waals surface area contributed by atoms with Crippen LogP contribution in [0.1, 0.15) is 23.2 Å². The van der Waals surface area contributed by atoms with Crippen LogP contribution in [-0.4, -0.2) is 37.5 Å². The molecule has 180 valence electrons. The lowest BCUT2D eigenvalue weighted by molar-refractivity contribution is 0.414. The molecule has 0 fully saturated rings. The van der Waals surface area contributed by atoms with Crippen molar-refractivity contribution in [2.24, 2.45) is 0 Å². The van der Waals surface area contributed by atoms with Gasteiger partial charge >= 0.3 is 0 Å². The molecule has 0 atom stereocenters. The van der Waals surface area contributed by atoms with Crippen LogP contribution in [0.5, 0.6) is 5.75 Å². The van der Waals surface area contributed by atoms with E-state index in [2.05, 4.69) is 29.7 Å². The van der Waals surface area contributed by atoms with Gasteiger partial charge in [0.25, 0.3) is 0 Å². The van der Waals surface area contributed by atoms with E-state index in [1.165, 1.54) is 34.1 Å². The fourth-order valence-electron chi connectivity index (χ4n) is 4.84. The van der Waals surface area contributed by atoms with Crippen molar-refractivity contribution >= 4 is 26.5 Å². The molecule has 0 saturated carbocycles. The highest BCUT2D eigenvalue weighted by molar-refractivity contribution is 7.89. The molecular formula is C28H27FN2O3S. The molecule has 0 radical (unpaired) electrons. The Morgan fingerprint density at radius 3 is 2.49 bits per heavy atom. The van der Waals surface area contributed by atoms with Crippen molar-refractivity contribution in [2.75, 3.05) is 20.2 Å². The summed E-state index contributed by atoms with van der Waals surface area (Å²) in [5, 5.41) is 1.16. The lowest BCUT2D eigenvalue weighted by Crippen LogP contribution is -2.34. The Labute approximate surface area is 205 Å². The van der Waals surface area contributed by atoms with Crippen molar-refractivity contribution in [1.82, 2.24) is 8.87 Å². The molecule has 3 aromatic carbocycles. The van der Waals surface area contributed by atoms with Crippen LogP contribution >= 0.6 is 0 Å². The van der Waals surface area contributed by atoms with Crippen molar-refractivity contribution in [3.8, 4) is 5.75 Å². The van der Waals surface area contributed by atoms with Crippen molar-refractivity contribution < 1.29 is 17.5 Å². The molecule has 4 aromatic rings. The van der Waals surface area contributed by atoms with Crippen molar-refractivity contribution in [3.05, 3.63) is 102 Å². The minimum Gasteiger partial charge on any atom is -0.497 e. The summed E-state index contributed by atoms with van der Waals surface area (Å²) < 4.78 is 48.5. The van der Waals surface area contributed by atoms with E-state index in [1.54, 1.807) is 7.11 Å². The highest BCUT2D eigenvalue weighted by Gasteiger charge is 2.28. The lowest BCUT2D eigenvalue weighted by Gasteiger charge is -2.26. The topological polar surface area (TPSA) is 51.5 Å². The highest BCUT2D eigenvalue weighted by atomic mass is 32.2. The number of aromatic nitrogens is 1. The number of sulfonamides is 1. The number of halogens is 1. The molecule has 0 aliphatic carbocycles. The monoisotopic (exact) mass is 490 g/mol. The Kier molecular flexibility index (Phi) is 6.21. The van der Waals surface area contributed by atoms with Gasteiger partial charge in [0.1, 0.15) is 11.6 Å². The van der Waals surface area contributed by atoms with Gasteiger partial charge in [0.2, 0.25) is 10.0 Å². The van der Waals surface area contributed by atoms with Crippen LogP contribution in [0.25, 0.3) is 16.5 Å².